The molecule has 1 atom stereocenters. The minimum absolute atomic E-state index is 0.111. The molecule has 0 amide bonds. The van der Waals surface area contributed by atoms with Gasteiger partial charge in [-0.3, -0.25) is 0 Å². The normalized spacial score (nSPS) is 12.5. The summed E-state index contributed by atoms with van der Waals surface area (Å²) >= 11 is 10.3. The van der Waals surface area contributed by atoms with Crippen molar-refractivity contribution in [2.24, 2.45) is 0 Å². The zero-order chi connectivity index (χ0) is 13.3. The molecule has 0 aromatic heterocycles. The minimum Gasteiger partial charge on any atom is -0.113 e. The molecule has 0 N–H and O–H groups in total. The third-order valence-electron chi connectivity index (χ3n) is 3.19. The Balaban J connectivity index is 2.48. The molecule has 0 aliphatic heterocycles. The van der Waals surface area contributed by atoms with Crippen LogP contribution in [0.15, 0.2) is 40.9 Å². The van der Waals surface area contributed by atoms with Crippen LogP contribution in [-0.2, 0) is 0 Å². The molecule has 2 rings (SSSR count). The van der Waals surface area contributed by atoms with Crippen LogP contribution < -0.4 is 0 Å². The van der Waals surface area contributed by atoms with E-state index in [1.54, 1.807) is 0 Å². The van der Waals surface area contributed by atoms with E-state index in [4.69, 9.17) is 11.6 Å². The summed E-state index contributed by atoms with van der Waals surface area (Å²) in [6.45, 7) is 6.29. The van der Waals surface area contributed by atoms with Crippen LogP contribution in [0.4, 0.5) is 0 Å². The summed E-state index contributed by atoms with van der Waals surface area (Å²) < 4.78 is 1.10. The van der Waals surface area contributed by atoms with E-state index in [0.29, 0.717) is 0 Å². The van der Waals surface area contributed by atoms with Crippen LogP contribution in [0.1, 0.15) is 33.2 Å². The Morgan fingerprint density at radius 1 is 0.944 bits per heavy atom. The molecule has 0 fully saturated rings. The number of benzene rings is 2. The molecule has 0 heterocycles. The second kappa shape index (κ2) is 5.46. The van der Waals surface area contributed by atoms with Crippen molar-refractivity contribution in [3.63, 3.8) is 0 Å². The fourth-order valence-electron chi connectivity index (χ4n) is 2.14. The summed E-state index contributed by atoms with van der Waals surface area (Å²) in [5.41, 5.74) is 6.02. The monoisotopic (exact) mass is 322 g/mol. The number of rotatable bonds is 2. The highest BCUT2D eigenvalue weighted by Crippen LogP contribution is 2.36. The molecule has 94 valence electrons. The van der Waals surface area contributed by atoms with Crippen molar-refractivity contribution >= 4 is 27.5 Å². The summed E-state index contributed by atoms with van der Waals surface area (Å²) in [4.78, 5) is 0. The fourth-order valence-corrected chi connectivity index (χ4v) is 3.20. The van der Waals surface area contributed by atoms with Gasteiger partial charge >= 0.3 is 0 Å². The second-order valence-electron chi connectivity index (χ2n) is 4.70. The van der Waals surface area contributed by atoms with Gasteiger partial charge in [0.1, 0.15) is 0 Å². The van der Waals surface area contributed by atoms with Crippen LogP contribution in [0.2, 0.25) is 0 Å². The summed E-state index contributed by atoms with van der Waals surface area (Å²) in [6, 6.07) is 12.6. The van der Waals surface area contributed by atoms with E-state index < -0.39 is 0 Å². The third-order valence-corrected chi connectivity index (χ3v) is 4.75. The number of aryl methyl sites for hydroxylation is 3. The highest BCUT2D eigenvalue weighted by Gasteiger charge is 2.16. The average molecular weight is 324 g/mol. The Hall–Kier alpha value is -0.790. The Morgan fingerprint density at radius 3 is 2.33 bits per heavy atom. The summed E-state index contributed by atoms with van der Waals surface area (Å²) in [5, 5.41) is -0.111. The van der Waals surface area contributed by atoms with Gasteiger partial charge in [0.25, 0.3) is 0 Å². The van der Waals surface area contributed by atoms with Crippen molar-refractivity contribution in [2.45, 2.75) is 26.1 Å². The SMILES string of the molecule is Cc1ccc(C(Cl)c2cccc(C)c2Br)c(C)c1. The summed E-state index contributed by atoms with van der Waals surface area (Å²) in [6.07, 6.45) is 0. The van der Waals surface area contributed by atoms with E-state index in [2.05, 4.69) is 67.0 Å². The fraction of sp³-hybridized carbons (Fsp3) is 0.250. The maximum absolute atomic E-state index is 6.64. The van der Waals surface area contributed by atoms with Crippen molar-refractivity contribution in [3.05, 3.63) is 68.7 Å². The van der Waals surface area contributed by atoms with Crippen LogP contribution in [-0.4, -0.2) is 0 Å². The molecular formula is C16H16BrCl. The van der Waals surface area contributed by atoms with E-state index in [9.17, 15) is 0 Å². The molecule has 0 saturated carbocycles. The maximum atomic E-state index is 6.64. The molecule has 1 unspecified atom stereocenters. The van der Waals surface area contributed by atoms with Gasteiger partial charge in [0.2, 0.25) is 0 Å². The molecule has 2 aromatic rings. The van der Waals surface area contributed by atoms with Gasteiger partial charge in [-0.05, 0) is 43.0 Å². The van der Waals surface area contributed by atoms with E-state index in [0.717, 1.165) is 10.0 Å². The van der Waals surface area contributed by atoms with Crippen LogP contribution in [0.25, 0.3) is 0 Å². The van der Waals surface area contributed by atoms with E-state index in [-0.39, 0.29) is 5.38 Å². The van der Waals surface area contributed by atoms with Crippen molar-refractivity contribution in [1.29, 1.82) is 0 Å². The molecule has 2 heteroatoms. The maximum Gasteiger partial charge on any atom is 0.0848 e. The first-order valence-electron chi connectivity index (χ1n) is 5.97. The van der Waals surface area contributed by atoms with Crippen molar-refractivity contribution in [2.75, 3.05) is 0 Å². The van der Waals surface area contributed by atoms with Gasteiger partial charge in [0, 0.05) is 4.47 Å². The van der Waals surface area contributed by atoms with Gasteiger partial charge in [-0.25, -0.2) is 0 Å². The van der Waals surface area contributed by atoms with Gasteiger partial charge in [0.15, 0.2) is 0 Å². The molecule has 2 aromatic carbocycles. The number of halogens is 2. The lowest BCUT2D eigenvalue weighted by Crippen LogP contribution is -1.98. The predicted molar refractivity (Wildman–Crippen MR) is 82.5 cm³/mol. The summed E-state index contributed by atoms with van der Waals surface area (Å²) in [7, 11) is 0. The Kier molecular flexibility index (Phi) is 4.14. The Labute approximate surface area is 122 Å². The first-order valence-corrected chi connectivity index (χ1v) is 7.20. The number of hydrogen-bond donors (Lipinski definition) is 0. The lowest BCUT2D eigenvalue weighted by molar-refractivity contribution is 1.09. The molecule has 0 radical (unpaired) electrons. The van der Waals surface area contributed by atoms with Crippen molar-refractivity contribution in [1.82, 2.24) is 0 Å². The van der Waals surface area contributed by atoms with E-state index >= 15 is 0 Å². The Morgan fingerprint density at radius 2 is 1.67 bits per heavy atom. The Bertz CT molecular complexity index is 575. The molecular weight excluding hydrogens is 308 g/mol. The number of hydrogen-bond acceptors (Lipinski definition) is 0. The van der Waals surface area contributed by atoms with Gasteiger partial charge in [-0.1, -0.05) is 57.9 Å². The molecule has 18 heavy (non-hydrogen) atoms. The van der Waals surface area contributed by atoms with Crippen LogP contribution in [0, 0.1) is 20.8 Å². The standard InChI is InChI=1S/C16H16BrCl/c1-10-7-8-13(12(3)9-10)16(18)14-6-4-5-11(2)15(14)17/h4-9,16H,1-3H3. The van der Waals surface area contributed by atoms with Gasteiger partial charge < -0.3 is 0 Å². The minimum atomic E-state index is -0.111. The van der Waals surface area contributed by atoms with Crippen molar-refractivity contribution in [3.8, 4) is 0 Å². The predicted octanol–water partition coefficient (Wildman–Crippen LogP) is 5.70. The van der Waals surface area contributed by atoms with Crippen LogP contribution in [0.5, 0.6) is 0 Å². The second-order valence-corrected chi connectivity index (χ2v) is 5.93. The highest BCUT2D eigenvalue weighted by molar-refractivity contribution is 9.10. The first kappa shape index (κ1) is 13.6. The number of alkyl halides is 1. The zero-order valence-electron chi connectivity index (χ0n) is 10.8. The molecule has 0 aliphatic carbocycles. The quantitative estimate of drug-likeness (QED) is 0.622. The van der Waals surface area contributed by atoms with Crippen LogP contribution in [0.3, 0.4) is 0 Å². The lowest BCUT2D eigenvalue weighted by Gasteiger charge is -2.16. The molecule has 0 aliphatic rings. The van der Waals surface area contributed by atoms with Gasteiger partial charge in [-0.2, -0.15) is 0 Å². The third kappa shape index (κ3) is 2.62. The van der Waals surface area contributed by atoms with Gasteiger partial charge in [-0.15, -0.1) is 11.6 Å². The highest BCUT2D eigenvalue weighted by atomic mass is 79.9. The van der Waals surface area contributed by atoms with E-state index in [1.807, 2.05) is 6.07 Å². The molecule has 0 spiro atoms. The van der Waals surface area contributed by atoms with Crippen molar-refractivity contribution < 1.29 is 0 Å². The topological polar surface area (TPSA) is 0 Å². The first-order chi connectivity index (χ1) is 8.50. The smallest absolute Gasteiger partial charge is 0.0848 e. The molecule has 0 bridgehead atoms. The zero-order valence-corrected chi connectivity index (χ0v) is 13.1. The average Bonchev–Trinajstić information content (AvgIpc) is 2.32. The summed E-state index contributed by atoms with van der Waals surface area (Å²) in [5.74, 6) is 0. The largest absolute Gasteiger partial charge is 0.113 e. The van der Waals surface area contributed by atoms with E-state index in [1.165, 1.54) is 22.3 Å². The van der Waals surface area contributed by atoms with Gasteiger partial charge in [0.05, 0.1) is 5.38 Å². The molecule has 0 nitrogen and oxygen atoms in total. The van der Waals surface area contributed by atoms with Crippen LogP contribution >= 0.6 is 27.5 Å². The molecule has 0 saturated heterocycles. The lowest BCUT2D eigenvalue weighted by atomic mass is 9.97.